The highest BCUT2D eigenvalue weighted by Gasteiger charge is 2.32. The predicted molar refractivity (Wildman–Crippen MR) is 75.6 cm³/mol. The molecule has 0 amide bonds. The standard InChI is InChI=1S/C16H23NO2/c17-12-14-9-4-10-15(14)16(18)19-11-5-8-13-6-2-1-3-7-13/h1-3,6-7,14-15H,4-5,8-12,17H2. The highest BCUT2D eigenvalue weighted by Crippen LogP contribution is 2.31. The van der Waals surface area contributed by atoms with Gasteiger partial charge in [0, 0.05) is 0 Å². The third-order valence-electron chi connectivity index (χ3n) is 3.96. The molecule has 1 aliphatic carbocycles. The first-order valence-corrected chi connectivity index (χ1v) is 7.22. The van der Waals surface area contributed by atoms with Gasteiger partial charge in [-0.25, -0.2) is 0 Å². The molecule has 0 aromatic heterocycles. The Kier molecular flexibility index (Phi) is 5.40. The average Bonchev–Trinajstić information content (AvgIpc) is 2.93. The first-order chi connectivity index (χ1) is 9.31. The van der Waals surface area contributed by atoms with Crippen molar-refractivity contribution >= 4 is 5.97 Å². The number of rotatable bonds is 6. The third kappa shape index (κ3) is 4.06. The van der Waals surface area contributed by atoms with E-state index in [1.54, 1.807) is 0 Å². The maximum Gasteiger partial charge on any atom is 0.309 e. The molecule has 2 rings (SSSR count). The largest absolute Gasteiger partial charge is 0.465 e. The molecular weight excluding hydrogens is 238 g/mol. The molecule has 1 aromatic carbocycles. The van der Waals surface area contributed by atoms with E-state index in [2.05, 4.69) is 12.1 Å². The molecule has 104 valence electrons. The van der Waals surface area contributed by atoms with Gasteiger partial charge in [-0.15, -0.1) is 0 Å². The summed E-state index contributed by atoms with van der Waals surface area (Å²) in [5.41, 5.74) is 6.98. The van der Waals surface area contributed by atoms with Crippen molar-refractivity contribution in [2.24, 2.45) is 17.6 Å². The number of esters is 1. The van der Waals surface area contributed by atoms with Crippen LogP contribution in [0.5, 0.6) is 0 Å². The van der Waals surface area contributed by atoms with Crippen LogP contribution in [-0.4, -0.2) is 19.1 Å². The number of hydrogen-bond donors (Lipinski definition) is 1. The average molecular weight is 261 g/mol. The van der Waals surface area contributed by atoms with Gasteiger partial charge in [0.15, 0.2) is 0 Å². The molecule has 1 fully saturated rings. The minimum absolute atomic E-state index is 0.0407. The quantitative estimate of drug-likeness (QED) is 0.632. The van der Waals surface area contributed by atoms with E-state index in [0.29, 0.717) is 19.1 Å². The second-order valence-electron chi connectivity index (χ2n) is 5.29. The number of carbonyl (C=O) groups is 1. The van der Waals surface area contributed by atoms with Crippen molar-refractivity contribution in [3.63, 3.8) is 0 Å². The first-order valence-electron chi connectivity index (χ1n) is 7.22. The number of carbonyl (C=O) groups excluding carboxylic acids is 1. The summed E-state index contributed by atoms with van der Waals surface area (Å²) in [5.74, 6) is 0.337. The lowest BCUT2D eigenvalue weighted by atomic mass is 9.96. The van der Waals surface area contributed by atoms with Gasteiger partial charge in [0.1, 0.15) is 0 Å². The lowest BCUT2D eigenvalue weighted by Crippen LogP contribution is -2.27. The van der Waals surface area contributed by atoms with Crippen LogP contribution in [-0.2, 0) is 16.0 Å². The minimum Gasteiger partial charge on any atom is -0.465 e. The molecule has 2 N–H and O–H groups in total. The van der Waals surface area contributed by atoms with Gasteiger partial charge in [0.2, 0.25) is 0 Å². The second kappa shape index (κ2) is 7.29. The van der Waals surface area contributed by atoms with Crippen molar-refractivity contribution in [1.29, 1.82) is 0 Å². The van der Waals surface area contributed by atoms with Crippen LogP contribution in [0, 0.1) is 11.8 Å². The fraction of sp³-hybridized carbons (Fsp3) is 0.562. The van der Waals surface area contributed by atoms with Crippen molar-refractivity contribution in [2.75, 3.05) is 13.2 Å². The smallest absolute Gasteiger partial charge is 0.309 e. The van der Waals surface area contributed by atoms with E-state index in [0.717, 1.165) is 32.1 Å². The van der Waals surface area contributed by atoms with Crippen LogP contribution in [0.3, 0.4) is 0 Å². The van der Waals surface area contributed by atoms with Gasteiger partial charge in [-0.05, 0) is 43.7 Å². The van der Waals surface area contributed by atoms with Crippen LogP contribution >= 0.6 is 0 Å². The Bertz CT molecular complexity index is 391. The van der Waals surface area contributed by atoms with Gasteiger partial charge < -0.3 is 10.5 Å². The number of aryl methyl sites for hydroxylation is 1. The molecule has 0 spiro atoms. The Morgan fingerprint density at radius 2 is 2.05 bits per heavy atom. The summed E-state index contributed by atoms with van der Waals surface area (Å²) in [4.78, 5) is 11.9. The monoisotopic (exact) mass is 261 g/mol. The summed E-state index contributed by atoms with van der Waals surface area (Å²) >= 11 is 0. The van der Waals surface area contributed by atoms with Crippen LogP contribution in [0.15, 0.2) is 30.3 Å². The summed E-state index contributed by atoms with van der Waals surface area (Å²) in [6.45, 7) is 1.12. The van der Waals surface area contributed by atoms with Gasteiger partial charge in [-0.3, -0.25) is 4.79 Å². The normalized spacial score (nSPS) is 22.4. The first kappa shape index (κ1) is 14.1. The maximum atomic E-state index is 11.9. The third-order valence-corrected chi connectivity index (χ3v) is 3.96. The molecule has 2 unspecified atom stereocenters. The zero-order valence-corrected chi connectivity index (χ0v) is 11.4. The fourth-order valence-corrected chi connectivity index (χ4v) is 2.83. The van der Waals surface area contributed by atoms with E-state index < -0.39 is 0 Å². The predicted octanol–water partition coefficient (Wildman–Crippen LogP) is 2.54. The van der Waals surface area contributed by atoms with E-state index in [4.69, 9.17) is 10.5 Å². The van der Waals surface area contributed by atoms with Crippen LogP contribution in [0.25, 0.3) is 0 Å². The maximum absolute atomic E-state index is 11.9. The van der Waals surface area contributed by atoms with Gasteiger partial charge in [-0.1, -0.05) is 36.8 Å². The molecule has 0 radical (unpaired) electrons. The topological polar surface area (TPSA) is 52.3 Å². The molecule has 0 aliphatic heterocycles. The van der Waals surface area contributed by atoms with Gasteiger partial charge in [-0.2, -0.15) is 0 Å². The highest BCUT2D eigenvalue weighted by atomic mass is 16.5. The van der Waals surface area contributed by atoms with E-state index in [9.17, 15) is 4.79 Å². The molecule has 1 saturated carbocycles. The molecule has 0 bridgehead atoms. The van der Waals surface area contributed by atoms with Crippen molar-refractivity contribution in [3.8, 4) is 0 Å². The molecule has 2 atom stereocenters. The summed E-state index contributed by atoms with van der Waals surface area (Å²) < 4.78 is 5.39. The highest BCUT2D eigenvalue weighted by molar-refractivity contribution is 5.73. The summed E-state index contributed by atoms with van der Waals surface area (Å²) in [6.07, 6.45) is 4.96. The summed E-state index contributed by atoms with van der Waals surface area (Å²) in [7, 11) is 0. The molecule has 3 heteroatoms. The van der Waals surface area contributed by atoms with Crippen LogP contribution in [0.4, 0.5) is 0 Å². The minimum atomic E-state index is -0.0407. The van der Waals surface area contributed by atoms with Gasteiger partial charge >= 0.3 is 5.97 Å². The Hall–Kier alpha value is -1.35. The number of benzene rings is 1. The van der Waals surface area contributed by atoms with Crippen molar-refractivity contribution in [3.05, 3.63) is 35.9 Å². The van der Waals surface area contributed by atoms with Gasteiger partial charge in [0.25, 0.3) is 0 Å². The summed E-state index contributed by atoms with van der Waals surface area (Å²) in [6, 6.07) is 10.3. The molecular formula is C16H23NO2. The SMILES string of the molecule is NCC1CCCC1C(=O)OCCCc1ccccc1. The van der Waals surface area contributed by atoms with Crippen molar-refractivity contribution in [1.82, 2.24) is 0 Å². The van der Waals surface area contributed by atoms with Crippen LogP contribution in [0.1, 0.15) is 31.2 Å². The zero-order chi connectivity index (χ0) is 13.5. The summed E-state index contributed by atoms with van der Waals surface area (Å²) in [5, 5.41) is 0. The number of ether oxygens (including phenoxy) is 1. The van der Waals surface area contributed by atoms with Gasteiger partial charge in [0.05, 0.1) is 12.5 Å². The molecule has 3 nitrogen and oxygen atoms in total. The molecule has 19 heavy (non-hydrogen) atoms. The van der Waals surface area contributed by atoms with E-state index in [1.807, 2.05) is 18.2 Å². The Morgan fingerprint density at radius 1 is 1.26 bits per heavy atom. The number of nitrogens with two attached hydrogens (primary N) is 1. The molecule has 0 saturated heterocycles. The van der Waals surface area contributed by atoms with E-state index in [-0.39, 0.29) is 11.9 Å². The Balaban J connectivity index is 1.67. The van der Waals surface area contributed by atoms with E-state index >= 15 is 0 Å². The Labute approximate surface area is 115 Å². The van der Waals surface area contributed by atoms with Crippen LogP contribution < -0.4 is 5.73 Å². The van der Waals surface area contributed by atoms with Crippen molar-refractivity contribution in [2.45, 2.75) is 32.1 Å². The Morgan fingerprint density at radius 3 is 2.79 bits per heavy atom. The second-order valence-corrected chi connectivity index (χ2v) is 5.29. The molecule has 0 heterocycles. The zero-order valence-electron chi connectivity index (χ0n) is 11.4. The number of hydrogen-bond acceptors (Lipinski definition) is 3. The lowest BCUT2D eigenvalue weighted by molar-refractivity contribution is -0.149. The lowest BCUT2D eigenvalue weighted by Gasteiger charge is -2.16. The molecule has 1 aliphatic rings. The van der Waals surface area contributed by atoms with E-state index in [1.165, 1.54) is 5.56 Å². The fourth-order valence-electron chi connectivity index (χ4n) is 2.83. The van der Waals surface area contributed by atoms with Crippen LogP contribution in [0.2, 0.25) is 0 Å². The van der Waals surface area contributed by atoms with Crippen molar-refractivity contribution < 1.29 is 9.53 Å². The molecule has 1 aromatic rings.